The first-order valence-electron chi connectivity index (χ1n) is 5.02. The molecule has 1 aromatic heterocycles. The SMILES string of the molecule is COc1nc(Nc2ccc(Cl)cc2)ccc1N. The van der Waals surface area contributed by atoms with E-state index in [1.54, 1.807) is 24.3 Å². The van der Waals surface area contributed by atoms with E-state index in [4.69, 9.17) is 22.1 Å². The monoisotopic (exact) mass is 249 g/mol. The van der Waals surface area contributed by atoms with Gasteiger partial charge in [0, 0.05) is 10.7 Å². The van der Waals surface area contributed by atoms with Crippen LogP contribution in [0.5, 0.6) is 5.88 Å². The van der Waals surface area contributed by atoms with Gasteiger partial charge in [-0.25, -0.2) is 0 Å². The molecule has 0 atom stereocenters. The molecule has 0 saturated carbocycles. The van der Waals surface area contributed by atoms with Gasteiger partial charge in [0.15, 0.2) is 0 Å². The van der Waals surface area contributed by atoms with Crippen molar-refractivity contribution in [3.05, 3.63) is 41.4 Å². The maximum Gasteiger partial charge on any atom is 0.238 e. The summed E-state index contributed by atoms with van der Waals surface area (Å²) >= 11 is 5.80. The second kappa shape index (κ2) is 4.93. The molecule has 3 N–H and O–H groups in total. The lowest BCUT2D eigenvalue weighted by Crippen LogP contribution is -1.99. The number of nitrogens with zero attached hydrogens (tertiary/aromatic N) is 1. The number of anilines is 3. The van der Waals surface area contributed by atoms with E-state index in [0.717, 1.165) is 5.69 Å². The van der Waals surface area contributed by atoms with Gasteiger partial charge in [-0.2, -0.15) is 4.98 Å². The number of pyridine rings is 1. The zero-order chi connectivity index (χ0) is 12.3. The van der Waals surface area contributed by atoms with E-state index in [9.17, 15) is 0 Å². The van der Waals surface area contributed by atoms with Gasteiger partial charge < -0.3 is 15.8 Å². The summed E-state index contributed by atoms with van der Waals surface area (Å²) in [7, 11) is 1.53. The van der Waals surface area contributed by atoms with Crippen LogP contribution < -0.4 is 15.8 Å². The van der Waals surface area contributed by atoms with E-state index >= 15 is 0 Å². The Morgan fingerprint density at radius 1 is 1.18 bits per heavy atom. The average Bonchev–Trinajstić information content (AvgIpc) is 2.34. The first-order valence-corrected chi connectivity index (χ1v) is 5.40. The zero-order valence-corrected chi connectivity index (χ0v) is 10.0. The van der Waals surface area contributed by atoms with Gasteiger partial charge in [-0.1, -0.05) is 11.6 Å². The number of hydrogen-bond donors (Lipinski definition) is 2. The number of nitrogens with one attached hydrogen (secondary N) is 1. The molecule has 1 heterocycles. The van der Waals surface area contributed by atoms with E-state index in [0.29, 0.717) is 22.4 Å². The van der Waals surface area contributed by atoms with E-state index in [-0.39, 0.29) is 0 Å². The third kappa shape index (κ3) is 2.79. The first kappa shape index (κ1) is 11.5. The van der Waals surface area contributed by atoms with Crippen LogP contribution in [0.25, 0.3) is 0 Å². The van der Waals surface area contributed by atoms with Crippen LogP contribution in [0.3, 0.4) is 0 Å². The van der Waals surface area contributed by atoms with Crippen LogP contribution in [-0.2, 0) is 0 Å². The number of methoxy groups -OCH3 is 1. The second-order valence-corrected chi connectivity index (χ2v) is 3.86. The lowest BCUT2D eigenvalue weighted by atomic mass is 10.3. The number of hydrogen-bond acceptors (Lipinski definition) is 4. The number of nitrogen functional groups attached to an aromatic ring is 1. The summed E-state index contributed by atoms with van der Waals surface area (Å²) < 4.78 is 5.05. The number of ether oxygens (including phenoxy) is 1. The number of halogens is 1. The highest BCUT2D eigenvalue weighted by Gasteiger charge is 2.03. The Morgan fingerprint density at radius 3 is 2.53 bits per heavy atom. The highest BCUT2D eigenvalue weighted by Crippen LogP contribution is 2.23. The molecule has 88 valence electrons. The third-order valence-electron chi connectivity index (χ3n) is 2.20. The molecule has 0 aliphatic heterocycles. The van der Waals surface area contributed by atoms with Gasteiger partial charge in [0.1, 0.15) is 5.82 Å². The van der Waals surface area contributed by atoms with E-state index < -0.39 is 0 Å². The Hall–Kier alpha value is -1.94. The molecule has 2 rings (SSSR count). The minimum absolute atomic E-state index is 0.406. The lowest BCUT2D eigenvalue weighted by Gasteiger charge is -2.08. The van der Waals surface area contributed by atoms with E-state index in [2.05, 4.69) is 10.3 Å². The van der Waals surface area contributed by atoms with Crippen molar-refractivity contribution in [1.29, 1.82) is 0 Å². The molecule has 0 unspecified atom stereocenters. The van der Waals surface area contributed by atoms with E-state index in [1.165, 1.54) is 7.11 Å². The van der Waals surface area contributed by atoms with Crippen molar-refractivity contribution >= 4 is 28.8 Å². The second-order valence-electron chi connectivity index (χ2n) is 3.43. The summed E-state index contributed by atoms with van der Waals surface area (Å²) in [6.07, 6.45) is 0. The van der Waals surface area contributed by atoms with Gasteiger partial charge in [-0.05, 0) is 36.4 Å². The molecule has 1 aromatic carbocycles. The summed E-state index contributed by atoms with van der Waals surface area (Å²) in [6.45, 7) is 0. The fourth-order valence-corrected chi connectivity index (χ4v) is 1.49. The minimum Gasteiger partial charge on any atom is -0.479 e. The topological polar surface area (TPSA) is 60.2 Å². The summed E-state index contributed by atoms with van der Waals surface area (Å²) in [4.78, 5) is 4.22. The number of benzene rings is 1. The highest BCUT2D eigenvalue weighted by molar-refractivity contribution is 6.30. The molecule has 0 saturated heterocycles. The number of rotatable bonds is 3. The first-order chi connectivity index (χ1) is 8.19. The predicted molar refractivity (Wildman–Crippen MR) is 69.9 cm³/mol. The Labute approximate surface area is 104 Å². The van der Waals surface area contributed by atoms with Crippen LogP contribution in [-0.4, -0.2) is 12.1 Å². The lowest BCUT2D eigenvalue weighted by molar-refractivity contribution is 0.401. The van der Waals surface area contributed by atoms with Crippen molar-refractivity contribution in [2.75, 3.05) is 18.2 Å². The van der Waals surface area contributed by atoms with Crippen LogP contribution >= 0.6 is 11.6 Å². The van der Waals surface area contributed by atoms with Crippen LogP contribution in [0.1, 0.15) is 0 Å². The van der Waals surface area contributed by atoms with Crippen molar-refractivity contribution < 1.29 is 4.74 Å². The van der Waals surface area contributed by atoms with Gasteiger partial charge in [-0.15, -0.1) is 0 Å². The molecular formula is C12H12ClN3O. The highest BCUT2D eigenvalue weighted by atomic mass is 35.5. The molecule has 0 aliphatic carbocycles. The third-order valence-corrected chi connectivity index (χ3v) is 2.45. The average molecular weight is 250 g/mol. The summed E-state index contributed by atoms with van der Waals surface area (Å²) in [5.74, 6) is 1.07. The summed E-state index contributed by atoms with van der Waals surface area (Å²) in [5, 5.41) is 3.82. The van der Waals surface area contributed by atoms with Crippen molar-refractivity contribution in [1.82, 2.24) is 4.98 Å². The molecule has 0 amide bonds. The molecule has 17 heavy (non-hydrogen) atoms. The quantitative estimate of drug-likeness (QED) is 0.878. The fraction of sp³-hybridized carbons (Fsp3) is 0.0833. The number of nitrogens with two attached hydrogens (primary N) is 1. The molecule has 2 aromatic rings. The van der Waals surface area contributed by atoms with Crippen molar-refractivity contribution in [2.24, 2.45) is 0 Å². The van der Waals surface area contributed by atoms with Gasteiger partial charge >= 0.3 is 0 Å². The molecule has 0 bridgehead atoms. The van der Waals surface area contributed by atoms with E-state index in [1.807, 2.05) is 12.1 Å². The van der Waals surface area contributed by atoms with Crippen molar-refractivity contribution in [2.45, 2.75) is 0 Å². The molecular weight excluding hydrogens is 238 g/mol. The molecule has 5 heteroatoms. The van der Waals surface area contributed by atoms with Gasteiger partial charge in [0.25, 0.3) is 0 Å². The van der Waals surface area contributed by atoms with Crippen molar-refractivity contribution in [3.63, 3.8) is 0 Å². The maximum absolute atomic E-state index is 5.80. The number of aromatic nitrogens is 1. The molecule has 0 spiro atoms. The van der Waals surface area contributed by atoms with Gasteiger partial charge in [0.05, 0.1) is 12.8 Å². The Balaban J connectivity index is 2.21. The minimum atomic E-state index is 0.406. The smallest absolute Gasteiger partial charge is 0.238 e. The van der Waals surface area contributed by atoms with Crippen LogP contribution in [0.2, 0.25) is 5.02 Å². The Bertz CT molecular complexity index is 514. The van der Waals surface area contributed by atoms with Crippen LogP contribution in [0.4, 0.5) is 17.2 Å². The predicted octanol–water partition coefficient (Wildman–Crippen LogP) is 3.07. The fourth-order valence-electron chi connectivity index (χ4n) is 1.37. The normalized spacial score (nSPS) is 10.0. The van der Waals surface area contributed by atoms with Gasteiger partial charge in [0.2, 0.25) is 5.88 Å². The molecule has 0 fully saturated rings. The van der Waals surface area contributed by atoms with Crippen LogP contribution in [0.15, 0.2) is 36.4 Å². The molecule has 0 radical (unpaired) electrons. The van der Waals surface area contributed by atoms with Crippen molar-refractivity contribution in [3.8, 4) is 5.88 Å². The summed E-state index contributed by atoms with van der Waals surface area (Å²) in [6, 6.07) is 10.9. The largest absolute Gasteiger partial charge is 0.479 e. The molecule has 0 aliphatic rings. The Morgan fingerprint density at radius 2 is 1.88 bits per heavy atom. The van der Waals surface area contributed by atoms with Crippen LogP contribution in [0, 0.1) is 0 Å². The van der Waals surface area contributed by atoms with Gasteiger partial charge in [-0.3, -0.25) is 0 Å². The zero-order valence-electron chi connectivity index (χ0n) is 9.27. The maximum atomic E-state index is 5.80. The standard InChI is InChI=1S/C12H12ClN3O/c1-17-12-10(14)6-7-11(16-12)15-9-4-2-8(13)3-5-9/h2-7H,14H2,1H3,(H,15,16). The summed E-state index contributed by atoms with van der Waals surface area (Å²) in [5.41, 5.74) is 7.09. The Kier molecular flexibility index (Phi) is 3.35. The molecule has 4 nitrogen and oxygen atoms in total.